The highest BCUT2D eigenvalue weighted by Gasteiger charge is 2.38. The molecule has 0 aliphatic heterocycles. The number of hydrogen-bond donors (Lipinski definition) is 0. The summed E-state index contributed by atoms with van der Waals surface area (Å²) in [7, 11) is 0. The highest BCUT2D eigenvalue weighted by molar-refractivity contribution is 5.32. The Morgan fingerprint density at radius 2 is 1.75 bits per heavy atom. The first-order chi connectivity index (χ1) is 7.68. The molecule has 0 saturated heterocycles. The van der Waals surface area contributed by atoms with Gasteiger partial charge in [0.1, 0.15) is 0 Å². The zero-order valence-corrected chi connectivity index (χ0v) is 10.4. The average Bonchev–Trinajstić information content (AvgIpc) is 3.07. The van der Waals surface area contributed by atoms with Crippen molar-refractivity contribution in [3.8, 4) is 0 Å². The summed E-state index contributed by atoms with van der Waals surface area (Å²) >= 11 is 0. The van der Waals surface area contributed by atoms with E-state index in [2.05, 4.69) is 63.3 Å². The van der Waals surface area contributed by atoms with Crippen molar-refractivity contribution >= 4 is 0 Å². The Hall–Kier alpha value is -1.30. The summed E-state index contributed by atoms with van der Waals surface area (Å²) in [6.45, 7) is 6.55. The maximum absolute atomic E-state index is 2.28. The van der Waals surface area contributed by atoms with Gasteiger partial charge >= 0.3 is 0 Å². The molecule has 1 aliphatic rings. The zero-order valence-electron chi connectivity index (χ0n) is 10.4. The minimum atomic E-state index is 0.767. The molecule has 1 saturated carbocycles. The van der Waals surface area contributed by atoms with Crippen LogP contribution >= 0.6 is 0 Å². The van der Waals surface area contributed by atoms with Gasteiger partial charge in [0.2, 0.25) is 0 Å². The monoisotopic (exact) mass is 212 g/mol. The summed E-state index contributed by atoms with van der Waals surface area (Å²) in [5.41, 5.74) is 4.39. The van der Waals surface area contributed by atoms with E-state index in [-0.39, 0.29) is 0 Å². The van der Waals surface area contributed by atoms with Gasteiger partial charge in [-0.15, -0.1) is 0 Å². The summed E-state index contributed by atoms with van der Waals surface area (Å²) in [5.74, 6) is 1.54. The summed E-state index contributed by atoms with van der Waals surface area (Å²) in [4.78, 5) is 0. The Morgan fingerprint density at radius 3 is 2.38 bits per heavy atom. The molecule has 0 heterocycles. The predicted molar refractivity (Wildman–Crippen MR) is 70.5 cm³/mol. The molecule has 1 aliphatic carbocycles. The molecule has 2 atom stereocenters. The Labute approximate surface area is 98.7 Å². The van der Waals surface area contributed by atoms with Crippen molar-refractivity contribution in [2.24, 2.45) is 5.92 Å². The second-order valence-corrected chi connectivity index (χ2v) is 5.01. The molecule has 0 unspecified atom stereocenters. The van der Waals surface area contributed by atoms with Gasteiger partial charge in [0.25, 0.3) is 0 Å². The lowest BCUT2D eigenvalue weighted by Gasteiger charge is -2.00. The van der Waals surface area contributed by atoms with Crippen LogP contribution in [0.4, 0.5) is 0 Å². The van der Waals surface area contributed by atoms with E-state index in [1.807, 2.05) is 0 Å². The lowest BCUT2D eigenvalue weighted by Crippen LogP contribution is -1.84. The van der Waals surface area contributed by atoms with E-state index in [4.69, 9.17) is 0 Å². The fourth-order valence-electron chi connectivity index (χ4n) is 2.19. The quantitative estimate of drug-likeness (QED) is 0.637. The molecule has 0 nitrogen and oxygen atoms in total. The van der Waals surface area contributed by atoms with Crippen LogP contribution < -0.4 is 0 Å². The van der Waals surface area contributed by atoms with Crippen molar-refractivity contribution < 1.29 is 0 Å². The Balaban J connectivity index is 2.02. The van der Waals surface area contributed by atoms with Gasteiger partial charge in [0.05, 0.1) is 0 Å². The van der Waals surface area contributed by atoms with E-state index >= 15 is 0 Å². The van der Waals surface area contributed by atoms with Gasteiger partial charge in [0.15, 0.2) is 0 Å². The van der Waals surface area contributed by atoms with Gasteiger partial charge in [-0.2, -0.15) is 0 Å². The smallest absolute Gasteiger partial charge is 0.00902 e. The van der Waals surface area contributed by atoms with Crippen LogP contribution in [0.3, 0.4) is 0 Å². The molecule has 2 rings (SSSR count). The van der Waals surface area contributed by atoms with Crippen molar-refractivity contribution in [3.63, 3.8) is 0 Å². The van der Waals surface area contributed by atoms with Crippen LogP contribution in [0, 0.1) is 5.92 Å². The van der Waals surface area contributed by atoms with Gasteiger partial charge in [-0.05, 0) is 44.6 Å². The molecule has 0 radical (unpaired) electrons. The van der Waals surface area contributed by atoms with Crippen molar-refractivity contribution in [2.75, 3.05) is 0 Å². The normalized spacial score (nSPS) is 24.1. The first-order valence-electron chi connectivity index (χ1n) is 6.05. The lowest BCUT2D eigenvalue weighted by molar-refractivity contribution is 0.938. The van der Waals surface area contributed by atoms with Gasteiger partial charge in [-0.3, -0.25) is 0 Å². The fourth-order valence-corrected chi connectivity index (χ4v) is 2.19. The molecule has 0 N–H and O–H groups in total. The first-order valence-corrected chi connectivity index (χ1v) is 6.05. The van der Waals surface area contributed by atoms with Crippen LogP contribution in [0.5, 0.6) is 0 Å². The van der Waals surface area contributed by atoms with Crippen LogP contribution in [0.2, 0.25) is 0 Å². The van der Waals surface area contributed by atoms with Crippen molar-refractivity contribution in [1.29, 1.82) is 0 Å². The first kappa shape index (κ1) is 11.2. The molecule has 0 spiro atoms. The summed E-state index contributed by atoms with van der Waals surface area (Å²) in [6.07, 6.45) is 5.82. The summed E-state index contributed by atoms with van der Waals surface area (Å²) in [5, 5.41) is 0. The highest BCUT2D eigenvalue weighted by Crippen LogP contribution is 2.51. The molecule has 1 fully saturated rings. The van der Waals surface area contributed by atoms with Crippen LogP contribution in [-0.4, -0.2) is 0 Å². The minimum Gasteiger partial charge on any atom is -0.0764 e. The predicted octanol–water partition coefficient (Wildman–Crippen LogP) is 4.70. The Bertz CT molecular complexity index is 405. The maximum Gasteiger partial charge on any atom is -0.00902 e. The third-order valence-corrected chi connectivity index (χ3v) is 3.28. The molecule has 0 heteroatoms. The third-order valence-electron chi connectivity index (χ3n) is 3.28. The van der Waals surface area contributed by atoms with Crippen molar-refractivity contribution in [3.05, 3.63) is 59.2 Å². The molecular formula is C16H20. The SMILES string of the molecule is CC(C)=C/C=C(/C)[C@@H]1C[C@H]1c1ccccc1. The van der Waals surface area contributed by atoms with E-state index in [1.165, 1.54) is 23.1 Å². The van der Waals surface area contributed by atoms with Gasteiger partial charge in [-0.1, -0.05) is 53.6 Å². The topological polar surface area (TPSA) is 0 Å². The standard InChI is InChI=1S/C16H20/c1-12(2)9-10-13(3)15-11-16(15)14-7-5-4-6-8-14/h4-10,15-16H,11H2,1-3H3/b13-10-/t15-,16-/m0/s1. The molecule has 1 aromatic carbocycles. The molecule has 0 bridgehead atoms. The Morgan fingerprint density at radius 1 is 1.06 bits per heavy atom. The molecule has 0 amide bonds. The van der Waals surface area contributed by atoms with E-state index in [0.717, 1.165) is 11.8 Å². The van der Waals surface area contributed by atoms with Crippen LogP contribution in [0.1, 0.15) is 38.7 Å². The van der Waals surface area contributed by atoms with E-state index in [1.54, 1.807) is 0 Å². The van der Waals surface area contributed by atoms with E-state index in [0.29, 0.717) is 0 Å². The van der Waals surface area contributed by atoms with E-state index < -0.39 is 0 Å². The van der Waals surface area contributed by atoms with Crippen molar-refractivity contribution in [2.45, 2.75) is 33.1 Å². The second-order valence-electron chi connectivity index (χ2n) is 5.01. The number of allylic oxidation sites excluding steroid dienone is 4. The number of rotatable bonds is 3. The number of hydrogen-bond acceptors (Lipinski definition) is 0. The molecule has 0 aromatic heterocycles. The lowest BCUT2D eigenvalue weighted by atomic mass is 10.1. The van der Waals surface area contributed by atoms with Gasteiger partial charge in [0, 0.05) is 0 Å². The summed E-state index contributed by atoms with van der Waals surface area (Å²) in [6, 6.07) is 10.9. The minimum absolute atomic E-state index is 0.767. The molecule has 1 aromatic rings. The van der Waals surface area contributed by atoms with Gasteiger partial charge in [-0.25, -0.2) is 0 Å². The van der Waals surface area contributed by atoms with E-state index in [9.17, 15) is 0 Å². The molecular weight excluding hydrogens is 192 g/mol. The largest absolute Gasteiger partial charge is 0.0764 e. The molecule has 16 heavy (non-hydrogen) atoms. The third kappa shape index (κ3) is 2.63. The maximum atomic E-state index is 2.28. The van der Waals surface area contributed by atoms with Crippen LogP contribution in [-0.2, 0) is 0 Å². The average molecular weight is 212 g/mol. The second kappa shape index (κ2) is 4.69. The fraction of sp³-hybridized carbons (Fsp3) is 0.375. The van der Waals surface area contributed by atoms with Crippen LogP contribution in [0.15, 0.2) is 53.6 Å². The van der Waals surface area contributed by atoms with Crippen LogP contribution in [0.25, 0.3) is 0 Å². The Kier molecular flexibility index (Phi) is 3.28. The summed E-state index contributed by atoms with van der Waals surface area (Å²) < 4.78 is 0. The highest BCUT2D eigenvalue weighted by atomic mass is 14.4. The molecule has 84 valence electrons. The van der Waals surface area contributed by atoms with Gasteiger partial charge < -0.3 is 0 Å². The van der Waals surface area contributed by atoms with Crippen molar-refractivity contribution in [1.82, 2.24) is 0 Å². The number of benzene rings is 1. The zero-order chi connectivity index (χ0) is 11.5.